The molecule has 3 aromatic rings. The minimum absolute atomic E-state index is 0.269. The Balaban J connectivity index is 1.42. The SMILES string of the molecule is COc1ccc([C@@H]2CC(c3ccccc3)=NN2C(=O)CN2C(=O)C(=O)N(c3ccc(C)cc3)C2=O)cc1. The van der Waals surface area contributed by atoms with Gasteiger partial charge in [-0.1, -0.05) is 60.2 Å². The molecule has 1 saturated heterocycles. The van der Waals surface area contributed by atoms with Crippen LogP contribution < -0.4 is 9.64 Å². The van der Waals surface area contributed by atoms with Gasteiger partial charge < -0.3 is 4.74 Å². The van der Waals surface area contributed by atoms with Crippen LogP contribution in [0, 0.1) is 6.92 Å². The molecular formula is C28H24N4O5. The molecule has 2 aliphatic heterocycles. The van der Waals surface area contributed by atoms with Crippen LogP contribution >= 0.6 is 0 Å². The first-order valence-electron chi connectivity index (χ1n) is 11.7. The number of methoxy groups -OCH3 is 1. The highest BCUT2D eigenvalue weighted by Crippen LogP contribution is 2.34. The molecule has 0 saturated carbocycles. The van der Waals surface area contributed by atoms with Gasteiger partial charge in [-0.05, 0) is 42.3 Å². The molecule has 1 atom stereocenters. The van der Waals surface area contributed by atoms with Gasteiger partial charge in [-0.15, -0.1) is 0 Å². The zero-order valence-electron chi connectivity index (χ0n) is 20.3. The maximum atomic E-state index is 13.5. The lowest BCUT2D eigenvalue weighted by Crippen LogP contribution is -2.42. The van der Waals surface area contributed by atoms with Crippen molar-refractivity contribution in [2.24, 2.45) is 5.10 Å². The Morgan fingerprint density at radius 2 is 1.59 bits per heavy atom. The van der Waals surface area contributed by atoms with E-state index in [1.807, 2.05) is 49.4 Å². The Morgan fingerprint density at radius 3 is 2.24 bits per heavy atom. The largest absolute Gasteiger partial charge is 0.497 e. The van der Waals surface area contributed by atoms with Gasteiger partial charge >= 0.3 is 17.8 Å². The molecule has 0 unspecified atom stereocenters. The smallest absolute Gasteiger partial charge is 0.339 e. The average Bonchev–Trinajstić information content (AvgIpc) is 3.46. The quantitative estimate of drug-likeness (QED) is 0.383. The first-order valence-corrected chi connectivity index (χ1v) is 11.7. The maximum absolute atomic E-state index is 13.5. The number of amides is 5. The fourth-order valence-corrected chi connectivity index (χ4v) is 4.41. The summed E-state index contributed by atoms with van der Waals surface area (Å²) in [6.45, 7) is 1.26. The van der Waals surface area contributed by atoms with Crippen molar-refractivity contribution in [2.75, 3.05) is 18.6 Å². The lowest BCUT2D eigenvalue weighted by molar-refractivity contribution is -0.142. The Labute approximate surface area is 213 Å². The van der Waals surface area contributed by atoms with Crippen LogP contribution in [0.2, 0.25) is 0 Å². The molecular weight excluding hydrogens is 472 g/mol. The van der Waals surface area contributed by atoms with Gasteiger partial charge in [-0.3, -0.25) is 14.4 Å². The second kappa shape index (κ2) is 9.69. The molecule has 5 rings (SSSR count). The number of hydrogen-bond donors (Lipinski definition) is 0. The third-order valence-corrected chi connectivity index (χ3v) is 6.41. The van der Waals surface area contributed by atoms with Crippen molar-refractivity contribution in [3.8, 4) is 5.75 Å². The molecule has 1 fully saturated rings. The highest BCUT2D eigenvalue weighted by atomic mass is 16.5. The fraction of sp³-hybridized carbons (Fsp3) is 0.179. The van der Waals surface area contributed by atoms with Gasteiger partial charge in [0.25, 0.3) is 5.91 Å². The van der Waals surface area contributed by atoms with Gasteiger partial charge in [0.05, 0.1) is 24.6 Å². The molecule has 0 radical (unpaired) electrons. The normalized spacial score (nSPS) is 17.5. The predicted molar refractivity (Wildman–Crippen MR) is 136 cm³/mol. The van der Waals surface area contributed by atoms with E-state index in [1.54, 1.807) is 43.5 Å². The second-order valence-corrected chi connectivity index (χ2v) is 8.79. The number of carbonyl (C=O) groups is 4. The van der Waals surface area contributed by atoms with E-state index in [4.69, 9.17) is 4.74 Å². The lowest BCUT2D eigenvalue weighted by atomic mass is 9.98. The van der Waals surface area contributed by atoms with Crippen LogP contribution in [0.1, 0.15) is 29.2 Å². The van der Waals surface area contributed by atoms with Crippen molar-refractivity contribution in [1.29, 1.82) is 0 Å². The van der Waals surface area contributed by atoms with E-state index >= 15 is 0 Å². The molecule has 2 aliphatic rings. The van der Waals surface area contributed by atoms with Gasteiger partial charge in [0, 0.05) is 6.42 Å². The Kier molecular flexibility index (Phi) is 6.27. The van der Waals surface area contributed by atoms with Crippen LogP contribution in [0.3, 0.4) is 0 Å². The molecule has 0 spiro atoms. The molecule has 5 amide bonds. The zero-order chi connectivity index (χ0) is 26.1. The van der Waals surface area contributed by atoms with Crippen molar-refractivity contribution in [2.45, 2.75) is 19.4 Å². The van der Waals surface area contributed by atoms with Gasteiger partial charge in [-0.25, -0.2) is 19.6 Å². The predicted octanol–water partition coefficient (Wildman–Crippen LogP) is 3.68. The molecule has 0 aliphatic carbocycles. The van der Waals surface area contributed by atoms with E-state index in [9.17, 15) is 19.2 Å². The van der Waals surface area contributed by atoms with E-state index in [2.05, 4.69) is 5.10 Å². The standard InChI is InChI=1S/C28H24N4O5/c1-18-8-12-21(13-9-18)31-27(35)26(34)30(28(31)36)17-25(33)32-24(20-10-14-22(37-2)15-11-20)16-23(29-32)19-6-4-3-5-7-19/h3-15,24H,16-17H2,1-2H3/t24-/m0/s1. The summed E-state index contributed by atoms with van der Waals surface area (Å²) < 4.78 is 5.24. The van der Waals surface area contributed by atoms with E-state index in [0.717, 1.165) is 21.6 Å². The Bertz CT molecular complexity index is 1400. The number of anilines is 1. The van der Waals surface area contributed by atoms with Crippen LogP contribution in [0.15, 0.2) is 84.0 Å². The number of ether oxygens (including phenoxy) is 1. The van der Waals surface area contributed by atoms with Crippen LogP contribution in [-0.4, -0.2) is 53.0 Å². The van der Waals surface area contributed by atoms with Gasteiger partial charge in [0.1, 0.15) is 12.3 Å². The average molecular weight is 497 g/mol. The number of urea groups is 1. The number of hydrazone groups is 1. The Hall–Kier alpha value is -4.79. The molecule has 0 aromatic heterocycles. The van der Waals surface area contributed by atoms with E-state index < -0.39 is 36.3 Å². The lowest BCUT2D eigenvalue weighted by Gasteiger charge is -2.24. The van der Waals surface area contributed by atoms with Crippen molar-refractivity contribution in [1.82, 2.24) is 9.91 Å². The number of nitrogens with zero attached hydrogens (tertiary/aromatic N) is 4. The molecule has 186 valence electrons. The summed E-state index contributed by atoms with van der Waals surface area (Å²) in [6.07, 6.45) is 0.443. The summed E-state index contributed by atoms with van der Waals surface area (Å²) in [5.74, 6) is -1.95. The maximum Gasteiger partial charge on any atom is 0.339 e. The molecule has 2 heterocycles. The van der Waals surface area contributed by atoms with E-state index in [0.29, 0.717) is 22.8 Å². The van der Waals surface area contributed by atoms with Crippen LogP contribution in [-0.2, 0) is 14.4 Å². The van der Waals surface area contributed by atoms with Crippen LogP contribution in [0.5, 0.6) is 5.75 Å². The first kappa shape index (κ1) is 23.9. The second-order valence-electron chi connectivity index (χ2n) is 8.79. The number of aryl methyl sites for hydroxylation is 1. The Morgan fingerprint density at radius 1 is 0.919 bits per heavy atom. The van der Waals surface area contributed by atoms with Crippen molar-refractivity contribution in [3.05, 3.63) is 95.6 Å². The number of hydrogen-bond acceptors (Lipinski definition) is 6. The van der Waals surface area contributed by atoms with E-state index in [-0.39, 0.29) is 5.69 Å². The zero-order valence-corrected chi connectivity index (χ0v) is 20.3. The number of rotatable bonds is 6. The van der Waals surface area contributed by atoms with Crippen LogP contribution in [0.4, 0.5) is 10.5 Å². The molecule has 0 N–H and O–H groups in total. The minimum atomic E-state index is -1.05. The van der Waals surface area contributed by atoms with E-state index in [1.165, 1.54) is 5.01 Å². The number of carbonyl (C=O) groups excluding carboxylic acids is 4. The summed E-state index contributed by atoms with van der Waals surface area (Å²) in [5.41, 5.74) is 3.59. The monoisotopic (exact) mass is 496 g/mol. The van der Waals surface area contributed by atoms with Crippen molar-refractivity contribution < 1.29 is 23.9 Å². The third-order valence-electron chi connectivity index (χ3n) is 6.41. The minimum Gasteiger partial charge on any atom is -0.497 e. The molecule has 3 aromatic carbocycles. The van der Waals surface area contributed by atoms with Gasteiger partial charge in [0.2, 0.25) is 0 Å². The molecule has 9 nitrogen and oxygen atoms in total. The van der Waals surface area contributed by atoms with Crippen molar-refractivity contribution >= 4 is 35.2 Å². The summed E-state index contributed by atoms with van der Waals surface area (Å²) >= 11 is 0. The van der Waals surface area contributed by atoms with Crippen molar-refractivity contribution in [3.63, 3.8) is 0 Å². The topological polar surface area (TPSA) is 99.6 Å². The van der Waals surface area contributed by atoms with Gasteiger partial charge in [-0.2, -0.15) is 5.10 Å². The summed E-state index contributed by atoms with van der Waals surface area (Å²) in [7, 11) is 1.57. The molecule has 9 heteroatoms. The number of imide groups is 2. The summed E-state index contributed by atoms with van der Waals surface area (Å²) in [4.78, 5) is 53.4. The summed E-state index contributed by atoms with van der Waals surface area (Å²) in [6, 6.07) is 22.1. The highest BCUT2D eigenvalue weighted by Gasteiger charge is 2.47. The summed E-state index contributed by atoms with van der Waals surface area (Å²) in [5, 5.41) is 5.87. The number of benzene rings is 3. The molecule has 0 bridgehead atoms. The highest BCUT2D eigenvalue weighted by molar-refractivity contribution is 6.53. The molecule has 37 heavy (non-hydrogen) atoms. The third kappa shape index (κ3) is 4.47. The van der Waals surface area contributed by atoms with Crippen LogP contribution in [0.25, 0.3) is 0 Å². The first-order chi connectivity index (χ1) is 17.9. The fourth-order valence-electron chi connectivity index (χ4n) is 4.41. The van der Waals surface area contributed by atoms with Gasteiger partial charge in [0.15, 0.2) is 0 Å².